The van der Waals surface area contributed by atoms with Gasteiger partial charge in [0.05, 0.1) is 13.2 Å². The summed E-state index contributed by atoms with van der Waals surface area (Å²) >= 11 is 0. The smallest absolute Gasteiger partial charge is 0.317 e. The molecule has 0 bridgehead atoms. The first kappa shape index (κ1) is 16.6. The third kappa shape index (κ3) is 3.97. The van der Waals surface area contributed by atoms with Crippen molar-refractivity contribution in [2.24, 2.45) is 5.73 Å². The van der Waals surface area contributed by atoms with Crippen LogP contribution in [0.1, 0.15) is 12.8 Å². The lowest BCUT2D eigenvalue weighted by Crippen LogP contribution is -2.56. The van der Waals surface area contributed by atoms with Crippen molar-refractivity contribution >= 4 is 17.6 Å². The average molecular weight is 332 g/mol. The summed E-state index contributed by atoms with van der Waals surface area (Å²) < 4.78 is 5.28. The number of piperidine rings is 1. The van der Waals surface area contributed by atoms with Crippen LogP contribution in [0.3, 0.4) is 0 Å². The zero-order valence-electron chi connectivity index (χ0n) is 13.7. The third-order valence-corrected chi connectivity index (χ3v) is 4.54. The van der Waals surface area contributed by atoms with E-state index in [-0.39, 0.29) is 18.6 Å². The normalized spacial score (nSPS) is 24.5. The van der Waals surface area contributed by atoms with E-state index in [4.69, 9.17) is 10.5 Å². The number of para-hydroxylation sites is 1. The van der Waals surface area contributed by atoms with E-state index in [1.807, 2.05) is 18.2 Å². The van der Waals surface area contributed by atoms with Crippen LogP contribution in [0.15, 0.2) is 30.3 Å². The molecule has 0 spiro atoms. The van der Waals surface area contributed by atoms with Gasteiger partial charge in [-0.2, -0.15) is 0 Å². The molecule has 2 atom stereocenters. The maximum absolute atomic E-state index is 12.5. The molecule has 0 aliphatic carbocycles. The van der Waals surface area contributed by atoms with E-state index in [9.17, 15) is 9.59 Å². The number of urea groups is 1. The van der Waals surface area contributed by atoms with E-state index in [2.05, 4.69) is 22.3 Å². The zero-order chi connectivity index (χ0) is 16.9. The van der Waals surface area contributed by atoms with Gasteiger partial charge in [0.2, 0.25) is 5.91 Å². The first-order valence-corrected chi connectivity index (χ1v) is 8.40. The van der Waals surface area contributed by atoms with Crippen LogP contribution in [0, 0.1) is 0 Å². The van der Waals surface area contributed by atoms with Crippen LogP contribution in [0.4, 0.5) is 10.5 Å². The molecule has 3 rings (SSSR count). The lowest BCUT2D eigenvalue weighted by Gasteiger charge is -2.37. The number of ether oxygens (including phenoxy) is 1. The van der Waals surface area contributed by atoms with Gasteiger partial charge in [0.15, 0.2) is 6.10 Å². The number of anilines is 1. The van der Waals surface area contributed by atoms with Crippen LogP contribution in [0.5, 0.6) is 0 Å². The molecule has 2 aliphatic heterocycles. The monoisotopic (exact) mass is 332 g/mol. The van der Waals surface area contributed by atoms with Gasteiger partial charge in [-0.15, -0.1) is 0 Å². The number of morpholine rings is 1. The largest absolute Gasteiger partial charge is 0.369 e. The molecule has 2 fully saturated rings. The van der Waals surface area contributed by atoms with Crippen molar-refractivity contribution < 1.29 is 14.3 Å². The maximum Gasteiger partial charge on any atom is 0.317 e. The highest BCUT2D eigenvalue weighted by atomic mass is 16.5. The number of nitrogens with zero attached hydrogens (tertiary/aromatic N) is 2. The van der Waals surface area contributed by atoms with E-state index in [0.29, 0.717) is 13.2 Å². The molecule has 1 aromatic carbocycles. The fourth-order valence-electron chi connectivity index (χ4n) is 3.24. The minimum Gasteiger partial charge on any atom is -0.369 e. The van der Waals surface area contributed by atoms with Crippen molar-refractivity contribution in [1.82, 2.24) is 10.2 Å². The van der Waals surface area contributed by atoms with Crippen molar-refractivity contribution in [2.45, 2.75) is 25.0 Å². The van der Waals surface area contributed by atoms with E-state index >= 15 is 0 Å². The van der Waals surface area contributed by atoms with Crippen LogP contribution in [0.2, 0.25) is 0 Å². The number of nitrogens with one attached hydrogen (secondary N) is 1. The second-order valence-corrected chi connectivity index (χ2v) is 6.28. The first-order chi connectivity index (χ1) is 11.6. The van der Waals surface area contributed by atoms with Crippen LogP contribution < -0.4 is 16.0 Å². The Labute approximate surface area is 141 Å². The summed E-state index contributed by atoms with van der Waals surface area (Å²) in [5.41, 5.74) is 6.44. The number of primary amides is 1. The van der Waals surface area contributed by atoms with Crippen LogP contribution in [0.25, 0.3) is 0 Å². The maximum atomic E-state index is 12.5. The van der Waals surface area contributed by atoms with E-state index < -0.39 is 12.0 Å². The Balaban J connectivity index is 1.55. The third-order valence-electron chi connectivity index (χ3n) is 4.54. The second kappa shape index (κ2) is 7.53. The minimum atomic E-state index is -0.711. The van der Waals surface area contributed by atoms with Gasteiger partial charge in [-0.25, -0.2) is 4.79 Å². The summed E-state index contributed by atoms with van der Waals surface area (Å²) in [5.74, 6) is -0.527. The Morgan fingerprint density at radius 3 is 2.71 bits per heavy atom. The van der Waals surface area contributed by atoms with Crippen molar-refractivity contribution in [3.05, 3.63) is 30.3 Å². The van der Waals surface area contributed by atoms with Gasteiger partial charge in [0.1, 0.15) is 0 Å². The van der Waals surface area contributed by atoms with Crippen molar-refractivity contribution in [3.8, 4) is 0 Å². The van der Waals surface area contributed by atoms with Gasteiger partial charge in [0.25, 0.3) is 0 Å². The molecule has 3 N–H and O–H groups in total. The average Bonchev–Trinajstić information content (AvgIpc) is 2.63. The fourth-order valence-corrected chi connectivity index (χ4v) is 3.24. The second-order valence-electron chi connectivity index (χ2n) is 6.28. The summed E-state index contributed by atoms with van der Waals surface area (Å²) in [6, 6.07) is 10.2. The van der Waals surface area contributed by atoms with Crippen LogP contribution >= 0.6 is 0 Å². The molecule has 130 valence electrons. The Kier molecular flexibility index (Phi) is 5.20. The molecule has 0 saturated carbocycles. The number of benzene rings is 1. The van der Waals surface area contributed by atoms with Gasteiger partial charge in [0, 0.05) is 31.4 Å². The number of rotatable bonds is 3. The number of carbonyl (C=O) groups is 2. The summed E-state index contributed by atoms with van der Waals surface area (Å²) in [5, 5.41) is 3.09. The SMILES string of the molecule is NC(=O)[C@@H]1CN(C(=O)N[C@H]2CCCN(c3ccccc3)C2)CCO1. The molecule has 7 nitrogen and oxygen atoms in total. The molecule has 0 unspecified atom stereocenters. The van der Waals surface area contributed by atoms with Gasteiger partial charge < -0.3 is 25.6 Å². The summed E-state index contributed by atoms with van der Waals surface area (Å²) in [6.07, 6.45) is 1.28. The number of hydrogen-bond donors (Lipinski definition) is 2. The molecule has 3 amide bonds. The molecular formula is C17H24N4O3. The van der Waals surface area contributed by atoms with Crippen molar-refractivity contribution in [1.29, 1.82) is 0 Å². The van der Waals surface area contributed by atoms with E-state index in [1.54, 1.807) is 4.90 Å². The molecule has 2 saturated heterocycles. The van der Waals surface area contributed by atoms with Gasteiger partial charge in [-0.05, 0) is 25.0 Å². The molecule has 0 aromatic heterocycles. The van der Waals surface area contributed by atoms with Crippen LogP contribution in [-0.2, 0) is 9.53 Å². The van der Waals surface area contributed by atoms with Gasteiger partial charge in [-0.1, -0.05) is 18.2 Å². The number of amides is 3. The quantitative estimate of drug-likeness (QED) is 0.846. The number of nitrogens with two attached hydrogens (primary N) is 1. The highest BCUT2D eigenvalue weighted by molar-refractivity contribution is 5.81. The topological polar surface area (TPSA) is 87.9 Å². The van der Waals surface area contributed by atoms with Gasteiger partial charge in [-0.3, -0.25) is 4.79 Å². The first-order valence-electron chi connectivity index (χ1n) is 8.40. The van der Waals surface area contributed by atoms with Crippen LogP contribution in [-0.4, -0.2) is 61.8 Å². The summed E-state index contributed by atoms with van der Waals surface area (Å²) in [6.45, 7) is 2.82. The predicted molar refractivity (Wildman–Crippen MR) is 90.7 cm³/mol. The lowest BCUT2D eigenvalue weighted by molar-refractivity contribution is -0.133. The number of hydrogen-bond acceptors (Lipinski definition) is 4. The Hall–Kier alpha value is -2.28. The summed E-state index contributed by atoms with van der Waals surface area (Å²) in [4.78, 5) is 27.6. The molecule has 0 radical (unpaired) electrons. The molecule has 7 heteroatoms. The number of carbonyl (C=O) groups excluding carboxylic acids is 2. The molecule has 2 heterocycles. The predicted octanol–water partition coefficient (Wildman–Crippen LogP) is 0.551. The molecule has 24 heavy (non-hydrogen) atoms. The molecule has 2 aliphatic rings. The zero-order valence-corrected chi connectivity index (χ0v) is 13.7. The minimum absolute atomic E-state index is 0.0985. The van der Waals surface area contributed by atoms with Crippen molar-refractivity contribution in [3.63, 3.8) is 0 Å². The van der Waals surface area contributed by atoms with E-state index in [0.717, 1.165) is 25.9 Å². The highest BCUT2D eigenvalue weighted by Gasteiger charge is 2.29. The van der Waals surface area contributed by atoms with E-state index in [1.165, 1.54) is 5.69 Å². The molecule has 1 aromatic rings. The Morgan fingerprint density at radius 2 is 1.96 bits per heavy atom. The fraction of sp³-hybridized carbons (Fsp3) is 0.529. The summed E-state index contributed by atoms with van der Waals surface area (Å²) in [7, 11) is 0. The molecular weight excluding hydrogens is 308 g/mol. The Bertz CT molecular complexity index is 580. The van der Waals surface area contributed by atoms with Crippen molar-refractivity contribution in [2.75, 3.05) is 37.7 Å². The Morgan fingerprint density at radius 1 is 1.17 bits per heavy atom. The van der Waals surface area contributed by atoms with Gasteiger partial charge >= 0.3 is 6.03 Å². The standard InChI is InChI=1S/C17H24N4O3/c18-16(22)15-12-21(9-10-24-15)17(23)19-13-5-4-8-20(11-13)14-6-2-1-3-7-14/h1-3,6-7,13,15H,4-5,8-12H2,(H2,18,22)(H,19,23)/t13-,15-/m0/s1. The highest BCUT2D eigenvalue weighted by Crippen LogP contribution is 2.19. The lowest BCUT2D eigenvalue weighted by atomic mass is 10.0.